The van der Waals surface area contributed by atoms with Crippen LogP contribution in [0.4, 0.5) is 0 Å². The second-order valence-corrected chi connectivity index (χ2v) is 6.31. The van der Waals surface area contributed by atoms with Gasteiger partial charge in [0.05, 0.1) is 11.2 Å². The van der Waals surface area contributed by atoms with Gasteiger partial charge in [-0.05, 0) is 39.7 Å². The molecule has 1 aliphatic rings. The fraction of sp³-hybridized carbons (Fsp3) is 0.769. The summed E-state index contributed by atoms with van der Waals surface area (Å²) >= 11 is 1.87. The van der Waals surface area contributed by atoms with Crippen molar-refractivity contribution >= 4 is 11.3 Å². The molecule has 90 valence electrons. The highest BCUT2D eigenvalue weighted by Crippen LogP contribution is 2.41. The summed E-state index contributed by atoms with van der Waals surface area (Å²) in [6, 6.07) is 0. The summed E-state index contributed by atoms with van der Waals surface area (Å²) in [5.41, 5.74) is 1.36. The Kier molecular flexibility index (Phi) is 3.36. The normalized spacial score (nSPS) is 19.8. The van der Waals surface area contributed by atoms with E-state index in [9.17, 15) is 0 Å². The molecule has 0 bridgehead atoms. The van der Waals surface area contributed by atoms with E-state index in [2.05, 4.69) is 33.1 Å². The zero-order chi connectivity index (χ0) is 11.8. The minimum atomic E-state index is 0.0873. The lowest BCUT2D eigenvalue weighted by molar-refractivity contribution is 0.347. The molecule has 1 aliphatic carbocycles. The van der Waals surface area contributed by atoms with Crippen LogP contribution in [0, 0.1) is 12.8 Å². The summed E-state index contributed by atoms with van der Waals surface area (Å²) < 4.78 is 0. The Bertz CT molecular complexity index is 368. The van der Waals surface area contributed by atoms with E-state index in [4.69, 9.17) is 4.98 Å². The summed E-state index contributed by atoms with van der Waals surface area (Å²) in [4.78, 5) is 6.19. The first kappa shape index (κ1) is 12.1. The molecule has 1 aromatic heterocycles. The fourth-order valence-electron chi connectivity index (χ4n) is 2.19. The van der Waals surface area contributed by atoms with Gasteiger partial charge in [-0.15, -0.1) is 11.3 Å². The van der Waals surface area contributed by atoms with Crippen molar-refractivity contribution < 1.29 is 0 Å². The van der Waals surface area contributed by atoms with Crippen LogP contribution in [0.2, 0.25) is 0 Å². The smallest absolute Gasteiger partial charge is 0.113 e. The molecule has 2 nitrogen and oxygen atoms in total. The Morgan fingerprint density at radius 1 is 1.50 bits per heavy atom. The molecule has 0 saturated heterocycles. The summed E-state index contributed by atoms with van der Waals surface area (Å²) in [5.74, 6) is 0.923. The molecule has 16 heavy (non-hydrogen) atoms. The zero-order valence-corrected chi connectivity index (χ0v) is 11.6. The van der Waals surface area contributed by atoms with Gasteiger partial charge in [0, 0.05) is 4.88 Å². The van der Waals surface area contributed by atoms with E-state index in [0.717, 1.165) is 12.3 Å². The number of hydrogen-bond donors (Lipinski definition) is 1. The van der Waals surface area contributed by atoms with Crippen LogP contribution in [0.15, 0.2) is 0 Å². The molecule has 1 heterocycles. The van der Waals surface area contributed by atoms with Crippen LogP contribution < -0.4 is 5.32 Å². The van der Waals surface area contributed by atoms with Gasteiger partial charge in [0.25, 0.3) is 0 Å². The standard InChI is InChI=1S/C13H22N2S/c1-5-11-9(2)16-12(15-11)13(3,14-4)8-10-6-7-10/h10,14H,5-8H2,1-4H3. The number of aryl methyl sites for hydroxylation is 2. The van der Waals surface area contributed by atoms with E-state index in [-0.39, 0.29) is 5.54 Å². The summed E-state index contributed by atoms with van der Waals surface area (Å²) in [6.45, 7) is 6.67. The van der Waals surface area contributed by atoms with Crippen LogP contribution in [0.5, 0.6) is 0 Å². The van der Waals surface area contributed by atoms with Gasteiger partial charge in [-0.1, -0.05) is 19.8 Å². The Balaban J connectivity index is 2.23. The van der Waals surface area contributed by atoms with Gasteiger partial charge in [0.1, 0.15) is 5.01 Å². The van der Waals surface area contributed by atoms with Crippen LogP contribution in [0.25, 0.3) is 0 Å². The molecule has 0 radical (unpaired) electrons. The number of nitrogens with one attached hydrogen (secondary N) is 1. The number of hydrogen-bond acceptors (Lipinski definition) is 3. The minimum Gasteiger partial charge on any atom is -0.309 e. The maximum atomic E-state index is 4.81. The third-order valence-corrected chi connectivity index (χ3v) is 4.92. The number of thiazole rings is 1. The van der Waals surface area contributed by atoms with Crippen LogP contribution in [0.3, 0.4) is 0 Å². The van der Waals surface area contributed by atoms with E-state index in [1.54, 1.807) is 0 Å². The van der Waals surface area contributed by atoms with Crippen molar-refractivity contribution in [3.05, 3.63) is 15.6 Å². The van der Waals surface area contributed by atoms with E-state index >= 15 is 0 Å². The molecule has 0 spiro atoms. The van der Waals surface area contributed by atoms with Crippen LogP contribution >= 0.6 is 11.3 Å². The van der Waals surface area contributed by atoms with Crippen LogP contribution in [0.1, 0.15) is 48.7 Å². The molecule has 1 aromatic rings. The largest absolute Gasteiger partial charge is 0.309 e. The third kappa shape index (κ3) is 2.30. The molecule has 1 N–H and O–H groups in total. The van der Waals surface area contributed by atoms with Gasteiger partial charge >= 0.3 is 0 Å². The molecule has 1 saturated carbocycles. The summed E-state index contributed by atoms with van der Waals surface area (Å²) in [5, 5.41) is 4.75. The maximum absolute atomic E-state index is 4.81. The van der Waals surface area contributed by atoms with E-state index in [1.807, 2.05) is 11.3 Å². The van der Waals surface area contributed by atoms with Crippen molar-refractivity contribution in [1.82, 2.24) is 10.3 Å². The monoisotopic (exact) mass is 238 g/mol. The van der Waals surface area contributed by atoms with E-state index in [0.29, 0.717) is 0 Å². The maximum Gasteiger partial charge on any atom is 0.113 e. The highest BCUT2D eigenvalue weighted by atomic mass is 32.1. The topological polar surface area (TPSA) is 24.9 Å². The average Bonchev–Trinajstić information content (AvgIpc) is 2.99. The van der Waals surface area contributed by atoms with Crippen LogP contribution in [-0.4, -0.2) is 12.0 Å². The SMILES string of the molecule is CCc1nc(C(C)(CC2CC2)NC)sc1C. The first-order valence-electron chi connectivity index (χ1n) is 6.24. The quantitative estimate of drug-likeness (QED) is 0.852. The van der Waals surface area contributed by atoms with Crippen molar-refractivity contribution in [2.24, 2.45) is 5.92 Å². The average molecular weight is 238 g/mol. The molecular formula is C13H22N2S. The molecule has 0 aliphatic heterocycles. The number of aromatic nitrogens is 1. The second kappa shape index (κ2) is 4.46. The van der Waals surface area contributed by atoms with Gasteiger partial charge in [-0.25, -0.2) is 4.98 Å². The van der Waals surface area contributed by atoms with Gasteiger partial charge in [-0.3, -0.25) is 0 Å². The van der Waals surface area contributed by atoms with Gasteiger partial charge in [0.15, 0.2) is 0 Å². The molecule has 0 aromatic carbocycles. The van der Waals surface area contributed by atoms with Crippen molar-refractivity contribution in [1.29, 1.82) is 0 Å². The molecule has 0 amide bonds. The Morgan fingerprint density at radius 3 is 2.62 bits per heavy atom. The van der Waals surface area contributed by atoms with Crippen molar-refractivity contribution in [3.63, 3.8) is 0 Å². The lowest BCUT2D eigenvalue weighted by Gasteiger charge is -2.27. The van der Waals surface area contributed by atoms with Crippen molar-refractivity contribution in [3.8, 4) is 0 Å². The third-order valence-electron chi connectivity index (χ3n) is 3.65. The zero-order valence-electron chi connectivity index (χ0n) is 10.8. The molecule has 2 rings (SSSR count). The second-order valence-electron chi connectivity index (χ2n) is 5.11. The van der Waals surface area contributed by atoms with Gasteiger partial charge in [0.2, 0.25) is 0 Å². The van der Waals surface area contributed by atoms with E-state index in [1.165, 1.54) is 34.8 Å². The molecular weight excluding hydrogens is 216 g/mol. The molecule has 3 heteroatoms. The Morgan fingerprint density at radius 2 is 2.19 bits per heavy atom. The number of nitrogens with zero attached hydrogens (tertiary/aromatic N) is 1. The van der Waals surface area contributed by atoms with Crippen molar-refractivity contribution in [2.75, 3.05) is 7.05 Å². The Hall–Kier alpha value is -0.410. The first-order valence-corrected chi connectivity index (χ1v) is 7.06. The predicted octanol–water partition coefficient (Wildman–Crippen LogP) is 3.25. The highest BCUT2D eigenvalue weighted by molar-refractivity contribution is 7.11. The molecule has 1 unspecified atom stereocenters. The first-order chi connectivity index (χ1) is 7.59. The minimum absolute atomic E-state index is 0.0873. The van der Waals surface area contributed by atoms with Gasteiger partial charge < -0.3 is 5.32 Å². The van der Waals surface area contributed by atoms with Crippen molar-refractivity contribution in [2.45, 2.75) is 52.0 Å². The lowest BCUT2D eigenvalue weighted by Crippen LogP contribution is -2.37. The molecule has 1 fully saturated rings. The Labute approximate surface area is 102 Å². The molecule has 1 atom stereocenters. The number of rotatable bonds is 5. The lowest BCUT2D eigenvalue weighted by atomic mass is 9.96. The summed E-state index contributed by atoms with van der Waals surface area (Å²) in [6.07, 6.45) is 5.09. The fourth-order valence-corrected chi connectivity index (χ4v) is 3.35. The van der Waals surface area contributed by atoms with Crippen LogP contribution in [-0.2, 0) is 12.0 Å². The van der Waals surface area contributed by atoms with Gasteiger partial charge in [-0.2, -0.15) is 0 Å². The summed E-state index contributed by atoms with van der Waals surface area (Å²) in [7, 11) is 2.06. The highest BCUT2D eigenvalue weighted by Gasteiger charge is 2.35. The van der Waals surface area contributed by atoms with E-state index < -0.39 is 0 Å². The predicted molar refractivity (Wildman–Crippen MR) is 70.0 cm³/mol.